The zero-order valence-corrected chi connectivity index (χ0v) is 16.3. The molecule has 0 saturated carbocycles. The molecule has 0 spiro atoms. The van der Waals surface area contributed by atoms with E-state index in [-0.39, 0.29) is 18.6 Å². The molecule has 0 bridgehead atoms. The molecule has 0 radical (unpaired) electrons. The van der Waals surface area contributed by atoms with E-state index in [2.05, 4.69) is 53.8 Å². The Morgan fingerprint density at radius 1 is 0.862 bits per heavy atom. The van der Waals surface area contributed by atoms with Gasteiger partial charge in [0.1, 0.15) is 0 Å². The zero-order valence-electron chi connectivity index (χ0n) is 16.3. The topological polar surface area (TPSA) is 47.6 Å². The maximum absolute atomic E-state index is 12.3. The number of aryl methyl sites for hydroxylation is 1. The van der Waals surface area contributed by atoms with Crippen molar-refractivity contribution in [2.24, 2.45) is 0 Å². The van der Waals surface area contributed by atoms with Gasteiger partial charge in [-0.15, -0.1) is 0 Å². The number of rotatable bonds is 8. The predicted molar refractivity (Wildman–Crippen MR) is 113 cm³/mol. The van der Waals surface area contributed by atoms with Crippen molar-refractivity contribution in [1.82, 2.24) is 5.32 Å². The minimum Gasteiger partial charge on any atom is -0.454 e. The molecule has 0 aromatic heterocycles. The Kier molecular flexibility index (Phi) is 6.10. The monoisotopic (exact) mass is 387 g/mol. The lowest BCUT2D eigenvalue weighted by atomic mass is 9.88. The number of fused-ring (bicyclic) bond motifs is 1. The van der Waals surface area contributed by atoms with Crippen LogP contribution in [0, 0.1) is 0 Å². The third-order valence-corrected chi connectivity index (χ3v) is 5.24. The lowest BCUT2D eigenvalue weighted by Gasteiger charge is -2.18. The number of benzene rings is 3. The van der Waals surface area contributed by atoms with E-state index in [0.29, 0.717) is 19.4 Å². The van der Waals surface area contributed by atoms with E-state index >= 15 is 0 Å². The molecule has 3 aromatic carbocycles. The molecule has 0 fully saturated rings. The quantitative estimate of drug-likeness (QED) is 0.610. The molecular weight excluding hydrogens is 362 g/mol. The van der Waals surface area contributed by atoms with Crippen molar-refractivity contribution < 1.29 is 14.3 Å². The Labute approximate surface area is 171 Å². The van der Waals surface area contributed by atoms with E-state index in [1.807, 2.05) is 30.3 Å². The number of hydrogen-bond donors (Lipinski definition) is 1. The van der Waals surface area contributed by atoms with Crippen LogP contribution in [0.2, 0.25) is 0 Å². The third kappa shape index (κ3) is 4.96. The van der Waals surface area contributed by atoms with Crippen LogP contribution >= 0.6 is 0 Å². The summed E-state index contributed by atoms with van der Waals surface area (Å²) in [6.45, 7) is 0.914. The molecule has 1 aliphatic heterocycles. The van der Waals surface area contributed by atoms with Gasteiger partial charge in [-0.3, -0.25) is 4.79 Å². The van der Waals surface area contributed by atoms with Crippen LogP contribution in [0.1, 0.15) is 35.4 Å². The van der Waals surface area contributed by atoms with E-state index in [0.717, 1.165) is 23.5 Å². The Morgan fingerprint density at radius 2 is 1.52 bits per heavy atom. The molecule has 0 atom stereocenters. The van der Waals surface area contributed by atoms with Crippen molar-refractivity contribution in [3.63, 3.8) is 0 Å². The van der Waals surface area contributed by atoms with E-state index in [9.17, 15) is 4.79 Å². The predicted octanol–water partition coefficient (Wildman–Crippen LogP) is 4.69. The molecule has 148 valence electrons. The molecule has 4 nitrogen and oxygen atoms in total. The number of carbonyl (C=O) groups excluding carboxylic acids is 1. The van der Waals surface area contributed by atoms with E-state index < -0.39 is 0 Å². The second kappa shape index (κ2) is 9.28. The van der Waals surface area contributed by atoms with Crippen molar-refractivity contribution in [3.05, 3.63) is 95.6 Å². The second-order valence-electron chi connectivity index (χ2n) is 7.20. The first kappa shape index (κ1) is 19.1. The molecule has 1 aliphatic rings. The van der Waals surface area contributed by atoms with Crippen LogP contribution in [-0.4, -0.2) is 19.2 Å². The SMILES string of the molecule is O=C(CCc1ccc2c(c1)OCO2)NCCC(c1ccccc1)c1ccccc1. The molecule has 1 heterocycles. The maximum Gasteiger partial charge on any atom is 0.231 e. The average Bonchev–Trinajstić information content (AvgIpc) is 3.24. The zero-order chi connectivity index (χ0) is 19.9. The van der Waals surface area contributed by atoms with Gasteiger partial charge in [0, 0.05) is 18.9 Å². The summed E-state index contributed by atoms with van der Waals surface area (Å²) >= 11 is 0. The molecule has 0 unspecified atom stereocenters. The van der Waals surface area contributed by atoms with Crippen LogP contribution < -0.4 is 14.8 Å². The molecule has 29 heavy (non-hydrogen) atoms. The van der Waals surface area contributed by atoms with Crippen molar-refractivity contribution in [1.29, 1.82) is 0 Å². The van der Waals surface area contributed by atoms with Crippen LogP contribution in [0.15, 0.2) is 78.9 Å². The summed E-state index contributed by atoms with van der Waals surface area (Å²) in [4.78, 5) is 12.3. The summed E-state index contributed by atoms with van der Waals surface area (Å²) < 4.78 is 10.7. The first-order valence-corrected chi connectivity index (χ1v) is 10.0. The highest BCUT2D eigenvalue weighted by atomic mass is 16.7. The Morgan fingerprint density at radius 3 is 2.21 bits per heavy atom. The van der Waals surface area contributed by atoms with E-state index in [4.69, 9.17) is 9.47 Å². The highest BCUT2D eigenvalue weighted by Crippen LogP contribution is 2.32. The summed E-state index contributed by atoms with van der Waals surface area (Å²) in [5.41, 5.74) is 3.62. The smallest absolute Gasteiger partial charge is 0.231 e. The number of nitrogens with one attached hydrogen (secondary N) is 1. The molecule has 0 aliphatic carbocycles. The normalized spacial score (nSPS) is 12.2. The largest absolute Gasteiger partial charge is 0.454 e. The standard InChI is InChI=1S/C25H25NO3/c27-25(14-12-19-11-13-23-24(17-19)29-18-28-23)26-16-15-22(20-7-3-1-4-8-20)21-9-5-2-6-10-21/h1-11,13,17,22H,12,14-16,18H2,(H,26,27). The van der Waals surface area contributed by atoms with Crippen molar-refractivity contribution in [2.45, 2.75) is 25.2 Å². The Hall–Kier alpha value is -3.27. The molecule has 1 N–H and O–H groups in total. The fourth-order valence-electron chi connectivity index (χ4n) is 3.70. The van der Waals surface area contributed by atoms with Crippen molar-refractivity contribution in [3.8, 4) is 11.5 Å². The van der Waals surface area contributed by atoms with Crippen LogP contribution in [0.5, 0.6) is 11.5 Å². The molecule has 3 aromatic rings. The number of ether oxygens (including phenoxy) is 2. The summed E-state index contributed by atoms with van der Waals surface area (Å²) in [6, 6.07) is 26.8. The van der Waals surface area contributed by atoms with Crippen LogP contribution in [0.25, 0.3) is 0 Å². The number of carbonyl (C=O) groups is 1. The minimum absolute atomic E-state index is 0.0718. The van der Waals surface area contributed by atoms with Gasteiger partial charge in [-0.2, -0.15) is 0 Å². The van der Waals surface area contributed by atoms with Gasteiger partial charge in [0.25, 0.3) is 0 Å². The van der Waals surface area contributed by atoms with Gasteiger partial charge in [0.15, 0.2) is 11.5 Å². The lowest BCUT2D eigenvalue weighted by molar-refractivity contribution is -0.121. The summed E-state index contributed by atoms with van der Waals surface area (Å²) in [5.74, 6) is 1.87. The van der Waals surface area contributed by atoms with Gasteiger partial charge in [0.05, 0.1) is 0 Å². The molecule has 4 heteroatoms. The lowest BCUT2D eigenvalue weighted by Crippen LogP contribution is -2.26. The molecule has 4 rings (SSSR count). The summed E-state index contributed by atoms with van der Waals surface area (Å²) in [6.07, 6.45) is 2.01. The highest BCUT2D eigenvalue weighted by molar-refractivity contribution is 5.76. The fraction of sp³-hybridized carbons (Fsp3) is 0.240. The van der Waals surface area contributed by atoms with Crippen molar-refractivity contribution >= 4 is 5.91 Å². The van der Waals surface area contributed by atoms with Gasteiger partial charge in [-0.1, -0.05) is 66.7 Å². The summed E-state index contributed by atoms with van der Waals surface area (Å²) in [5, 5.41) is 3.08. The molecule has 1 amide bonds. The number of amides is 1. The van der Waals surface area contributed by atoms with Gasteiger partial charge in [0.2, 0.25) is 12.7 Å². The van der Waals surface area contributed by atoms with Crippen molar-refractivity contribution in [2.75, 3.05) is 13.3 Å². The average molecular weight is 387 g/mol. The molecular formula is C25H25NO3. The van der Waals surface area contributed by atoms with Gasteiger partial charge in [-0.05, 0) is 41.7 Å². The minimum atomic E-state index is 0.0718. The summed E-state index contributed by atoms with van der Waals surface area (Å²) in [7, 11) is 0. The van der Waals surface area contributed by atoms with Gasteiger partial charge < -0.3 is 14.8 Å². The van der Waals surface area contributed by atoms with Crippen LogP contribution in [0.4, 0.5) is 0 Å². The third-order valence-electron chi connectivity index (χ3n) is 5.24. The first-order valence-electron chi connectivity index (χ1n) is 10.0. The highest BCUT2D eigenvalue weighted by Gasteiger charge is 2.15. The van der Waals surface area contributed by atoms with E-state index in [1.165, 1.54) is 11.1 Å². The Bertz CT molecular complexity index is 901. The maximum atomic E-state index is 12.3. The fourth-order valence-corrected chi connectivity index (χ4v) is 3.70. The van der Waals surface area contributed by atoms with Crippen LogP contribution in [-0.2, 0) is 11.2 Å². The van der Waals surface area contributed by atoms with E-state index in [1.54, 1.807) is 0 Å². The van der Waals surface area contributed by atoms with Gasteiger partial charge in [-0.25, -0.2) is 0 Å². The second-order valence-corrected chi connectivity index (χ2v) is 7.20. The van der Waals surface area contributed by atoms with Crippen LogP contribution in [0.3, 0.4) is 0 Å². The number of hydrogen-bond acceptors (Lipinski definition) is 3. The van der Waals surface area contributed by atoms with Gasteiger partial charge >= 0.3 is 0 Å². The first-order chi connectivity index (χ1) is 14.3. The molecule has 0 saturated heterocycles. The Balaban J connectivity index is 1.30.